The van der Waals surface area contributed by atoms with Gasteiger partial charge in [0.15, 0.2) is 0 Å². The van der Waals surface area contributed by atoms with Crippen LogP contribution in [0.2, 0.25) is 0 Å². The molecule has 0 spiro atoms. The van der Waals surface area contributed by atoms with E-state index in [1.807, 2.05) is 41.2 Å². The Bertz CT molecular complexity index is 875. The van der Waals surface area contributed by atoms with Gasteiger partial charge in [0.2, 0.25) is 5.91 Å². The Morgan fingerprint density at radius 2 is 1.77 bits per heavy atom. The number of nitrogens with zero attached hydrogens (tertiary/aromatic N) is 2. The molecule has 0 saturated heterocycles. The Morgan fingerprint density at radius 3 is 2.42 bits per heavy atom. The Morgan fingerprint density at radius 1 is 1.04 bits per heavy atom. The highest BCUT2D eigenvalue weighted by Gasteiger charge is 2.08. The van der Waals surface area contributed by atoms with Gasteiger partial charge in [0.05, 0.1) is 13.1 Å². The summed E-state index contributed by atoms with van der Waals surface area (Å²) in [4.78, 5) is 24.1. The molecule has 2 N–H and O–H groups in total. The van der Waals surface area contributed by atoms with Crippen LogP contribution in [0.15, 0.2) is 71.5 Å². The second-order valence-electron chi connectivity index (χ2n) is 5.64. The lowest BCUT2D eigenvalue weighted by atomic mass is 10.1. The molecule has 2 aromatic carbocycles. The lowest BCUT2D eigenvalue weighted by molar-refractivity contribution is -0.115. The Kier molecular flexibility index (Phi) is 5.80. The van der Waals surface area contributed by atoms with Gasteiger partial charge in [-0.05, 0) is 48.0 Å². The maximum Gasteiger partial charge on any atom is 0.251 e. The number of anilines is 1. The van der Waals surface area contributed by atoms with E-state index >= 15 is 0 Å². The number of benzene rings is 2. The summed E-state index contributed by atoms with van der Waals surface area (Å²) in [5, 5.41) is 9.49. The van der Waals surface area contributed by atoms with E-state index in [0.29, 0.717) is 17.8 Å². The van der Waals surface area contributed by atoms with Crippen molar-refractivity contribution in [3.63, 3.8) is 0 Å². The monoisotopic (exact) mass is 412 g/mol. The van der Waals surface area contributed by atoms with E-state index in [1.54, 1.807) is 30.5 Å². The topological polar surface area (TPSA) is 76.0 Å². The van der Waals surface area contributed by atoms with Crippen LogP contribution in [0, 0.1) is 0 Å². The fourth-order valence-corrected chi connectivity index (χ4v) is 2.61. The summed E-state index contributed by atoms with van der Waals surface area (Å²) in [5.74, 6) is -0.572. The Balaban J connectivity index is 1.49. The molecule has 0 bridgehead atoms. The van der Waals surface area contributed by atoms with E-state index in [1.165, 1.54) is 0 Å². The lowest BCUT2D eigenvalue weighted by Gasteiger charge is -2.08. The predicted molar refractivity (Wildman–Crippen MR) is 103 cm³/mol. The van der Waals surface area contributed by atoms with Crippen molar-refractivity contribution in [1.82, 2.24) is 15.1 Å². The summed E-state index contributed by atoms with van der Waals surface area (Å²) >= 11 is 3.33. The number of hydrogen-bond acceptors (Lipinski definition) is 3. The third-order valence-electron chi connectivity index (χ3n) is 3.66. The fourth-order valence-electron chi connectivity index (χ4n) is 2.34. The summed E-state index contributed by atoms with van der Waals surface area (Å²) in [5.41, 5.74) is 2.22. The first-order valence-corrected chi connectivity index (χ1v) is 8.79. The maximum atomic E-state index is 12.2. The quantitative estimate of drug-likeness (QED) is 0.652. The van der Waals surface area contributed by atoms with Gasteiger partial charge >= 0.3 is 0 Å². The molecule has 3 rings (SSSR count). The van der Waals surface area contributed by atoms with Crippen molar-refractivity contribution in [2.75, 3.05) is 11.9 Å². The first kappa shape index (κ1) is 17.9. The van der Waals surface area contributed by atoms with Crippen molar-refractivity contribution in [1.29, 1.82) is 0 Å². The number of nitrogens with one attached hydrogen (secondary N) is 2. The molecule has 1 aromatic heterocycles. The molecular weight excluding hydrogens is 396 g/mol. The van der Waals surface area contributed by atoms with Gasteiger partial charge in [-0.1, -0.05) is 28.1 Å². The number of amides is 2. The summed E-state index contributed by atoms with van der Waals surface area (Å²) in [6.07, 6.45) is 3.60. The minimum Gasteiger partial charge on any atom is -0.343 e. The lowest BCUT2D eigenvalue weighted by Crippen LogP contribution is -2.32. The van der Waals surface area contributed by atoms with Crippen molar-refractivity contribution in [3.05, 3.63) is 82.6 Å². The van der Waals surface area contributed by atoms with E-state index < -0.39 is 0 Å². The molecule has 3 aromatic rings. The minimum absolute atomic E-state index is 0.0933. The normalized spacial score (nSPS) is 10.3. The molecule has 0 radical (unpaired) electrons. The first-order chi connectivity index (χ1) is 12.6. The van der Waals surface area contributed by atoms with Crippen LogP contribution in [0.4, 0.5) is 5.69 Å². The molecule has 0 fully saturated rings. The third kappa shape index (κ3) is 5.03. The molecule has 7 heteroatoms. The number of halogens is 1. The highest BCUT2D eigenvalue weighted by Crippen LogP contribution is 2.13. The standard InChI is InChI=1S/C19H17BrN4O2/c20-16-6-8-17(9-7-16)23-18(25)12-21-19(26)15-4-2-14(3-5-15)13-24-11-1-10-22-24/h1-11H,12-13H2,(H,21,26)(H,23,25). The fraction of sp³-hybridized carbons (Fsp3) is 0.105. The smallest absolute Gasteiger partial charge is 0.251 e. The molecule has 26 heavy (non-hydrogen) atoms. The van der Waals surface area contributed by atoms with E-state index in [9.17, 15) is 9.59 Å². The highest BCUT2D eigenvalue weighted by atomic mass is 79.9. The summed E-state index contributed by atoms with van der Waals surface area (Å²) in [7, 11) is 0. The average Bonchev–Trinajstić information content (AvgIpc) is 3.15. The molecule has 0 aliphatic rings. The van der Waals surface area contributed by atoms with Crippen molar-refractivity contribution >= 4 is 33.4 Å². The van der Waals surface area contributed by atoms with Crippen LogP contribution in [-0.4, -0.2) is 28.1 Å². The van der Waals surface area contributed by atoms with Gasteiger partial charge in [0, 0.05) is 28.1 Å². The Labute approximate surface area is 159 Å². The van der Waals surface area contributed by atoms with E-state index in [2.05, 4.69) is 31.7 Å². The molecule has 1 heterocycles. The number of carbonyl (C=O) groups excluding carboxylic acids is 2. The predicted octanol–water partition coefficient (Wildman–Crippen LogP) is 3.06. The molecule has 0 saturated carbocycles. The molecule has 2 amide bonds. The van der Waals surface area contributed by atoms with Gasteiger partial charge in [0.25, 0.3) is 5.91 Å². The van der Waals surface area contributed by atoms with Crippen LogP contribution < -0.4 is 10.6 Å². The van der Waals surface area contributed by atoms with Crippen LogP contribution in [0.25, 0.3) is 0 Å². The van der Waals surface area contributed by atoms with E-state index in [-0.39, 0.29) is 18.4 Å². The molecular formula is C19H17BrN4O2. The molecule has 0 atom stereocenters. The van der Waals surface area contributed by atoms with Gasteiger partial charge in [-0.3, -0.25) is 14.3 Å². The number of hydrogen-bond donors (Lipinski definition) is 2. The second kappa shape index (κ2) is 8.44. The van der Waals surface area contributed by atoms with Crippen LogP contribution >= 0.6 is 15.9 Å². The average molecular weight is 413 g/mol. The van der Waals surface area contributed by atoms with Crippen molar-refractivity contribution < 1.29 is 9.59 Å². The van der Waals surface area contributed by atoms with Crippen LogP contribution in [0.1, 0.15) is 15.9 Å². The van der Waals surface area contributed by atoms with E-state index in [4.69, 9.17) is 0 Å². The zero-order valence-corrected chi connectivity index (χ0v) is 15.4. The van der Waals surface area contributed by atoms with Crippen LogP contribution in [-0.2, 0) is 11.3 Å². The van der Waals surface area contributed by atoms with Gasteiger partial charge in [-0.2, -0.15) is 5.10 Å². The molecule has 6 nitrogen and oxygen atoms in total. The van der Waals surface area contributed by atoms with Gasteiger partial charge in [-0.25, -0.2) is 0 Å². The van der Waals surface area contributed by atoms with Crippen LogP contribution in [0.3, 0.4) is 0 Å². The highest BCUT2D eigenvalue weighted by molar-refractivity contribution is 9.10. The third-order valence-corrected chi connectivity index (χ3v) is 4.19. The van der Waals surface area contributed by atoms with Gasteiger partial charge in [0.1, 0.15) is 0 Å². The van der Waals surface area contributed by atoms with Crippen LogP contribution in [0.5, 0.6) is 0 Å². The van der Waals surface area contributed by atoms with Crippen molar-refractivity contribution in [3.8, 4) is 0 Å². The zero-order chi connectivity index (χ0) is 18.4. The first-order valence-electron chi connectivity index (χ1n) is 8.00. The summed E-state index contributed by atoms with van der Waals surface area (Å²) < 4.78 is 2.74. The zero-order valence-electron chi connectivity index (χ0n) is 13.9. The molecule has 132 valence electrons. The second-order valence-corrected chi connectivity index (χ2v) is 6.55. The maximum absolute atomic E-state index is 12.2. The van der Waals surface area contributed by atoms with Gasteiger partial charge in [-0.15, -0.1) is 0 Å². The summed E-state index contributed by atoms with van der Waals surface area (Å²) in [6, 6.07) is 16.3. The SMILES string of the molecule is O=C(CNC(=O)c1ccc(Cn2cccn2)cc1)Nc1ccc(Br)cc1. The molecule has 0 unspecified atom stereocenters. The molecule has 0 aliphatic heterocycles. The number of aromatic nitrogens is 2. The minimum atomic E-state index is -0.290. The van der Waals surface area contributed by atoms with Crippen molar-refractivity contribution in [2.24, 2.45) is 0 Å². The Hall–Kier alpha value is -2.93. The largest absolute Gasteiger partial charge is 0.343 e. The number of rotatable bonds is 6. The van der Waals surface area contributed by atoms with E-state index in [0.717, 1.165) is 10.0 Å². The summed E-state index contributed by atoms with van der Waals surface area (Å²) in [6.45, 7) is 0.550. The van der Waals surface area contributed by atoms with Crippen molar-refractivity contribution in [2.45, 2.75) is 6.54 Å². The molecule has 0 aliphatic carbocycles. The van der Waals surface area contributed by atoms with Gasteiger partial charge < -0.3 is 10.6 Å². The number of carbonyl (C=O) groups is 2.